The molecule has 11 heteroatoms. The molecule has 0 spiro atoms. The van der Waals surface area contributed by atoms with Crippen molar-refractivity contribution < 1.29 is 39.9 Å². The van der Waals surface area contributed by atoms with Crippen molar-refractivity contribution in [3.05, 3.63) is 0 Å². The fourth-order valence-corrected chi connectivity index (χ4v) is 0. The van der Waals surface area contributed by atoms with Crippen molar-refractivity contribution in [2.45, 2.75) is 0 Å². The van der Waals surface area contributed by atoms with Crippen LogP contribution in [0.15, 0.2) is 0 Å². The lowest BCUT2D eigenvalue weighted by Crippen LogP contribution is -2.10. The number of hydrogen-bond acceptors (Lipinski definition) is 8. The number of carboxylic acid groups (broad SMARTS) is 3. The first-order valence-electron chi connectivity index (χ1n) is 4.52. The predicted octanol–water partition coefficient (Wildman–Crippen LogP) is -2.00. The van der Waals surface area contributed by atoms with E-state index in [0.717, 1.165) is 0 Å². The molecule has 0 bridgehead atoms. The number of nitrogens with two attached hydrogens (primary N) is 1. The van der Waals surface area contributed by atoms with E-state index in [4.69, 9.17) is 25.5 Å². The van der Waals surface area contributed by atoms with E-state index in [2.05, 4.69) is 31.0 Å². The van der Waals surface area contributed by atoms with Crippen LogP contribution in [0.4, 0.5) is 0 Å². The molecule has 0 amide bonds. The summed E-state index contributed by atoms with van der Waals surface area (Å²) in [5.41, 5.74) is 4.57. The molecule has 19 heavy (non-hydrogen) atoms. The first-order chi connectivity index (χ1) is 8.72. The zero-order valence-electron chi connectivity index (χ0n) is 9.97. The molecule has 116 valence electrons. The molecular weight excluding hydrogens is 302 g/mol. The lowest BCUT2D eigenvalue weighted by molar-refractivity contribution is -0.136. The fourth-order valence-electron chi connectivity index (χ4n) is 0. The van der Waals surface area contributed by atoms with Crippen molar-refractivity contribution in [3.8, 4) is 0 Å². The third-order valence-corrected chi connectivity index (χ3v) is 1.09. The maximum Gasteiger partial charge on any atom is 0.317 e. The van der Waals surface area contributed by atoms with Crippen LogP contribution < -0.4 is 5.73 Å². The summed E-state index contributed by atoms with van der Waals surface area (Å²) in [6.07, 6.45) is 0. The second-order valence-corrected chi connectivity index (χ2v) is 2.78. The number of rotatable bonds is 4. The second-order valence-electron chi connectivity index (χ2n) is 2.15. The highest BCUT2D eigenvalue weighted by atomic mass is 32.1. The minimum atomic E-state index is -0.968. The molecule has 0 aromatic heterocycles. The van der Waals surface area contributed by atoms with Crippen LogP contribution in [0.1, 0.15) is 0 Å². The van der Waals surface area contributed by atoms with Crippen molar-refractivity contribution in [1.82, 2.24) is 0 Å². The van der Waals surface area contributed by atoms with E-state index < -0.39 is 17.9 Å². The number of hydrogen-bond donors (Lipinski definition) is 8. The van der Waals surface area contributed by atoms with Gasteiger partial charge in [-0.1, -0.05) is 0 Å². The minimum absolute atomic E-state index is 0.0833. The first-order valence-corrected chi connectivity index (χ1v) is 5.78. The molecule has 0 saturated heterocycles. The van der Waals surface area contributed by atoms with Crippen LogP contribution in [-0.2, 0) is 14.4 Å². The highest BCUT2D eigenvalue weighted by Crippen LogP contribution is 1.66. The van der Waals surface area contributed by atoms with Gasteiger partial charge in [-0.3, -0.25) is 14.4 Å². The Morgan fingerprint density at radius 3 is 0.947 bits per heavy atom. The molecule has 9 nitrogen and oxygen atoms in total. The number of aliphatic hydroxyl groups is 2. The number of aliphatic carboxylic acids is 3. The molecule has 0 heterocycles. The average molecular weight is 321 g/mol. The lowest BCUT2D eigenvalue weighted by atomic mass is 10.7. The lowest BCUT2D eigenvalue weighted by Gasteiger charge is -1.73. The van der Waals surface area contributed by atoms with E-state index in [1.54, 1.807) is 0 Å². The third kappa shape index (κ3) is 106. The molecule has 0 rings (SSSR count). The Balaban J connectivity index is -0.0000000793. The van der Waals surface area contributed by atoms with E-state index in [0.29, 0.717) is 0 Å². The molecule has 0 aliphatic heterocycles. The second kappa shape index (κ2) is 25.7. The van der Waals surface area contributed by atoms with Crippen molar-refractivity contribution in [3.63, 3.8) is 0 Å². The molecule has 7 N–H and O–H groups in total. The van der Waals surface area contributed by atoms with Crippen molar-refractivity contribution in [2.75, 3.05) is 31.3 Å². The Morgan fingerprint density at radius 1 is 0.789 bits per heavy atom. The van der Waals surface area contributed by atoms with Crippen LogP contribution >= 0.6 is 25.3 Å². The fraction of sp³-hybridized carbons (Fsp3) is 0.625. The van der Waals surface area contributed by atoms with Gasteiger partial charge in [0.15, 0.2) is 0 Å². The summed E-state index contributed by atoms with van der Waals surface area (Å²) >= 11 is 6.83. The smallest absolute Gasteiger partial charge is 0.317 e. The van der Waals surface area contributed by atoms with Gasteiger partial charge in [-0.25, -0.2) is 0 Å². The summed E-state index contributed by atoms with van der Waals surface area (Å²) in [5, 5.41) is 38.1. The zero-order valence-corrected chi connectivity index (χ0v) is 11.8. The molecule has 0 saturated carbocycles. The van der Waals surface area contributed by atoms with E-state index in [-0.39, 0.29) is 31.3 Å². The molecule has 0 unspecified atom stereocenters. The number of aliphatic hydroxyl groups excluding tert-OH is 2. The topological polar surface area (TPSA) is 178 Å². The van der Waals surface area contributed by atoms with Gasteiger partial charge in [0.2, 0.25) is 0 Å². The normalized spacial score (nSPS) is 7.42. The van der Waals surface area contributed by atoms with Gasteiger partial charge < -0.3 is 31.3 Å². The number of carboxylic acids is 3. The van der Waals surface area contributed by atoms with E-state index in [1.165, 1.54) is 0 Å². The Morgan fingerprint density at radius 2 is 0.947 bits per heavy atom. The van der Waals surface area contributed by atoms with Crippen molar-refractivity contribution in [2.24, 2.45) is 5.73 Å². The zero-order chi connectivity index (χ0) is 16.3. The molecule has 0 radical (unpaired) electrons. The Bertz CT molecular complexity index is 192. The first kappa shape index (κ1) is 26.5. The summed E-state index contributed by atoms with van der Waals surface area (Å²) in [4.78, 5) is 27.8. The molecular formula is C8H19NO8S2. The highest BCUT2D eigenvalue weighted by Gasteiger charge is 1.82. The summed E-state index contributed by atoms with van der Waals surface area (Å²) in [5.74, 6) is -2.90. The summed E-state index contributed by atoms with van der Waals surface area (Å²) < 4.78 is 0. The van der Waals surface area contributed by atoms with Gasteiger partial charge in [0.05, 0.1) is 31.3 Å². The van der Waals surface area contributed by atoms with Gasteiger partial charge >= 0.3 is 17.9 Å². The summed E-state index contributed by atoms with van der Waals surface area (Å²) in [6, 6.07) is 0. The monoisotopic (exact) mass is 321 g/mol. The van der Waals surface area contributed by atoms with Crippen LogP contribution in [0, 0.1) is 0 Å². The SMILES string of the molecule is NCC(=O)O.O=C(O)CS.O=C(O)CS.OCCO. The van der Waals surface area contributed by atoms with Crippen LogP contribution in [0.5, 0.6) is 0 Å². The molecule has 0 atom stereocenters. The maximum absolute atomic E-state index is 9.29. The van der Waals surface area contributed by atoms with Crippen LogP contribution in [-0.4, -0.2) is 74.7 Å². The van der Waals surface area contributed by atoms with Crippen LogP contribution in [0.25, 0.3) is 0 Å². The van der Waals surface area contributed by atoms with Crippen LogP contribution in [0.2, 0.25) is 0 Å². The maximum atomic E-state index is 9.29. The number of carbonyl (C=O) groups is 3. The highest BCUT2D eigenvalue weighted by molar-refractivity contribution is 7.81. The summed E-state index contributed by atoms with van der Waals surface area (Å²) in [7, 11) is 0. The molecule has 0 fully saturated rings. The number of thiol groups is 2. The molecule has 0 aromatic carbocycles. The van der Waals surface area contributed by atoms with Gasteiger partial charge in [-0.15, -0.1) is 0 Å². The Labute approximate surface area is 120 Å². The summed E-state index contributed by atoms with van der Waals surface area (Å²) in [6.45, 7) is -0.528. The standard InChI is InChI=1S/C2H5NO2.2C2H4O2S.C2H6O2/c3-1-2(4)5;2*3-2(4)1-5;3-1-2-4/h1,3H2,(H,4,5);2*5H,1H2,(H,3,4);3-4H,1-2H2. The Hall–Kier alpha value is -1.01. The van der Waals surface area contributed by atoms with Gasteiger partial charge in [0.25, 0.3) is 0 Å². The Kier molecular flexibility index (Phi) is 36.0. The van der Waals surface area contributed by atoms with Gasteiger partial charge in [-0.05, 0) is 0 Å². The van der Waals surface area contributed by atoms with Gasteiger partial charge in [0, 0.05) is 0 Å². The van der Waals surface area contributed by atoms with Crippen LogP contribution in [0.3, 0.4) is 0 Å². The molecule has 0 aromatic rings. The largest absolute Gasteiger partial charge is 0.481 e. The average Bonchev–Trinajstić information content (AvgIpc) is 2.40. The molecule has 0 aliphatic rings. The minimum Gasteiger partial charge on any atom is -0.481 e. The van der Waals surface area contributed by atoms with E-state index >= 15 is 0 Å². The van der Waals surface area contributed by atoms with Crippen molar-refractivity contribution in [1.29, 1.82) is 0 Å². The third-order valence-electron chi connectivity index (χ3n) is 0.545. The van der Waals surface area contributed by atoms with E-state index in [1.807, 2.05) is 0 Å². The predicted molar refractivity (Wildman–Crippen MR) is 73.8 cm³/mol. The molecule has 0 aliphatic carbocycles. The van der Waals surface area contributed by atoms with Crippen molar-refractivity contribution >= 4 is 43.2 Å². The van der Waals surface area contributed by atoms with E-state index in [9.17, 15) is 14.4 Å². The quantitative estimate of drug-likeness (QED) is 0.272. The van der Waals surface area contributed by atoms with Gasteiger partial charge in [0.1, 0.15) is 0 Å². The van der Waals surface area contributed by atoms with Gasteiger partial charge in [-0.2, -0.15) is 25.3 Å².